The quantitative estimate of drug-likeness (QED) is 0.737. The van der Waals surface area contributed by atoms with E-state index in [0.717, 1.165) is 23.4 Å². The largest absolute Gasteiger partial charge is 0.365 e. The molecule has 0 aliphatic heterocycles. The van der Waals surface area contributed by atoms with Crippen molar-refractivity contribution in [3.63, 3.8) is 0 Å². The first-order valence-corrected chi connectivity index (χ1v) is 5.90. The second-order valence-corrected chi connectivity index (χ2v) is 4.30. The van der Waals surface area contributed by atoms with Crippen LogP contribution in [0.15, 0.2) is 42.9 Å². The maximum Gasteiger partial charge on any atom is 0.142 e. The minimum atomic E-state index is 0.763. The van der Waals surface area contributed by atoms with Crippen LogP contribution in [0.5, 0.6) is 0 Å². The Morgan fingerprint density at radius 1 is 1.22 bits per heavy atom. The lowest BCUT2D eigenvalue weighted by Crippen LogP contribution is -2.02. The molecular formula is C14H14N4. The molecule has 3 rings (SSSR count). The number of benzene rings is 1. The van der Waals surface area contributed by atoms with Crippen LogP contribution in [0, 0.1) is 6.92 Å². The monoisotopic (exact) mass is 238 g/mol. The molecule has 4 nitrogen and oxygen atoms in total. The van der Waals surface area contributed by atoms with Crippen molar-refractivity contribution in [2.45, 2.75) is 13.5 Å². The third-order valence-corrected chi connectivity index (χ3v) is 2.90. The molecule has 2 N–H and O–H groups in total. The molecule has 1 aromatic carbocycles. The van der Waals surface area contributed by atoms with Gasteiger partial charge in [-0.05, 0) is 18.6 Å². The highest BCUT2D eigenvalue weighted by molar-refractivity contribution is 5.86. The van der Waals surface area contributed by atoms with Crippen LogP contribution in [0.1, 0.15) is 11.1 Å². The third kappa shape index (κ3) is 2.05. The minimum absolute atomic E-state index is 0.763. The SMILES string of the molecule is Cc1cccc(CNc2ncnc3[nH]ccc23)c1. The van der Waals surface area contributed by atoms with E-state index in [4.69, 9.17) is 0 Å². The maximum atomic E-state index is 4.27. The van der Waals surface area contributed by atoms with E-state index in [2.05, 4.69) is 51.5 Å². The Morgan fingerprint density at radius 3 is 3.06 bits per heavy atom. The zero-order valence-electron chi connectivity index (χ0n) is 10.1. The topological polar surface area (TPSA) is 53.6 Å². The molecule has 90 valence electrons. The molecule has 0 aliphatic rings. The highest BCUT2D eigenvalue weighted by atomic mass is 15.0. The summed E-state index contributed by atoms with van der Waals surface area (Å²) in [5, 5.41) is 4.36. The molecule has 0 radical (unpaired) electrons. The summed E-state index contributed by atoms with van der Waals surface area (Å²) in [4.78, 5) is 11.5. The summed E-state index contributed by atoms with van der Waals surface area (Å²) >= 11 is 0. The number of hydrogen-bond donors (Lipinski definition) is 2. The summed E-state index contributed by atoms with van der Waals surface area (Å²) in [6, 6.07) is 10.4. The number of anilines is 1. The van der Waals surface area contributed by atoms with Crippen molar-refractivity contribution >= 4 is 16.9 Å². The van der Waals surface area contributed by atoms with Crippen molar-refractivity contribution in [1.29, 1.82) is 0 Å². The molecule has 18 heavy (non-hydrogen) atoms. The van der Waals surface area contributed by atoms with Crippen LogP contribution in [0.3, 0.4) is 0 Å². The molecule has 0 saturated carbocycles. The van der Waals surface area contributed by atoms with E-state index in [-0.39, 0.29) is 0 Å². The summed E-state index contributed by atoms with van der Waals surface area (Å²) < 4.78 is 0. The van der Waals surface area contributed by atoms with Gasteiger partial charge in [0.25, 0.3) is 0 Å². The van der Waals surface area contributed by atoms with E-state index in [1.165, 1.54) is 11.1 Å². The summed E-state index contributed by atoms with van der Waals surface area (Å²) in [7, 11) is 0. The van der Waals surface area contributed by atoms with Crippen molar-refractivity contribution in [2.75, 3.05) is 5.32 Å². The fraction of sp³-hybridized carbons (Fsp3) is 0.143. The average Bonchev–Trinajstić information content (AvgIpc) is 2.85. The van der Waals surface area contributed by atoms with Crippen LogP contribution in [0.2, 0.25) is 0 Å². The second kappa shape index (κ2) is 4.49. The predicted octanol–water partition coefficient (Wildman–Crippen LogP) is 2.88. The van der Waals surface area contributed by atoms with Gasteiger partial charge in [0.1, 0.15) is 17.8 Å². The van der Waals surface area contributed by atoms with Gasteiger partial charge in [-0.3, -0.25) is 0 Å². The van der Waals surface area contributed by atoms with Crippen LogP contribution in [0.4, 0.5) is 5.82 Å². The van der Waals surface area contributed by atoms with Crippen molar-refractivity contribution in [3.8, 4) is 0 Å². The number of nitrogens with one attached hydrogen (secondary N) is 2. The molecule has 0 amide bonds. The number of nitrogens with zero attached hydrogens (tertiary/aromatic N) is 2. The van der Waals surface area contributed by atoms with Gasteiger partial charge in [0.15, 0.2) is 0 Å². The number of aryl methyl sites for hydroxylation is 1. The van der Waals surface area contributed by atoms with E-state index in [1.807, 2.05) is 12.3 Å². The number of aromatic amines is 1. The molecule has 0 bridgehead atoms. The highest BCUT2D eigenvalue weighted by Gasteiger charge is 2.03. The fourth-order valence-corrected chi connectivity index (χ4v) is 2.02. The molecule has 2 aromatic heterocycles. The third-order valence-electron chi connectivity index (χ3n) is 2.90. The van der Waals surface area contributed by atoms with Crippen LogP contribution in [0.25, 0.3) is 11.0 Å². The molecule has 0 spiro atoms. The second-order valence-electron chi connectivity index (χ2n) is 4.30. The summed E-state index contributed by atoms with van der Waals surface area (Å²) in [6.45, 7) is 2.86. The molecule has 0 fully saturated rings. The van der Waals surface area contributed by atoms with Crippen LogP contribution < -0.4 is 5.32 Å². The van der Waals surface area contributed by atoms with Gasteiger partial charge in [-0.1, -0.05) is 29.8 Å². The van der Waals surface area contributed by atoms with Crippen molar-refractivity contribution in [3.05, 3.63) is 54.0 Å². The summed E-state index contributed by atoms with van der Waals surface area (Å²) in [5.74, 6) is 0.864. The zero-order chi connectivity index (χ0) is 12.4. The molecule has 0 unspecified atom stereocenters. The number of rotatable bonds is 3. The Morgan fingerprint density at radius 2 is 2.17 bits per heavy atom. The highest BCUT2D eigenvalue weighted by Crippen LogP contribution is 2.18. The summed E-state index contributed by atoms with van der Waals surface area (Å²) in [6.07, 6.45) is 3.44. The maximum absolute atomic E-state index is 4.27. The normalized spacial score (nSPS) is 10.7. The first-order chi connectivity index (χ1) is 8.83. The first kappa shape index (κ1) is 10.8. The molecule has 2 heterocycles. The van der Waals surface area contributed by atoms with E-state index >= 15 is 0 Å². The lowest BCUT2D eigenvalue weighted by atomic mass is 10.1. The van der Waals surface area contributed by atoms with Crippen LogP contribution >= 0.6 is 0 Å². The van der Waals surface area contributed by atoms with Crippen LogP contribution in [-0.4, -0.2) is 15.0 Å². The van der Waals surface area contributed by atoms with Gasteiger partial charge in [0.2, 0.25) is 0 Å². The lowest BCUT2D eigenvalue weighted by molar-refractivity contribution is 1.10. The van der Waals surface area contributed by atoms with E-state index < -0.39 is 0 Å². The molecule has 0 aliphatic carbocycles. The average molecular weight is 238 g/mol. The smallest absolute Gasteiger partial charge is 0.142 e. The van der Waals surface area contributed by atoms with Crippen molar-refractivity contribution in [1.82, 2.24) is 15.0 Å². The number of fused-ring (bicyclic) bond motifs is 1. The van der Waals surface area contributed by atoms with Gasteiger partial charge < -0.3 is 10.3 Å². The Kier molecular flexibility index (Phi) is 2.68. The molecule has 3 aromatic rings. The molecule has 0 atom stereocenters. The van der Waals surface area contributed by atoms with E-state index in [1.54, 1.807) is 6.33 Å². The zero-order valence-corrected chi connectivity index (χ0v) is 10.1. The van der Waals surface area contributed by atoms with E-state index in [9.17, 15) is 0 Å². The summed E-state index contributed by atoms with van der Waals surface area (Å²) in [5.41, 5.74) is 3.37. The molecular weight excluding hydrogens is 224 g/mol. The van der Waals surface area contributed by atoms with Crippen molar-refractivity contribution < 1.29 is 0 Å². The minimum Gasteiger partial charge on any atom is -0.365 e. The van der Waals surface area contributed by atoms with Gasteiger partial charge in [0.05, 0.1) is 5.39 Å². The number of H-pyrrole nitrogens is 1. The first-order valence-electron chi connectivity index (χ1n) is 5.90. The van der Waals surface area contributed by atoms with Gasteiger partial charge in [-0.2, -0.15) is 0 Å². The van der Waals surface area contributed by atoms with Gasteiger partial charge in [-0.25, -0.2) is 9.97 Å². The Bertz CT molecular complexity index is 672. The Hall–Kier alpha value is -2.36. The van der Waals surface area contributed by atoms with Crippen LogP contribution in [-0.2, 0) is 6.54 Å². The number of hydrogen-bond acceptors (Lipinski definition) is 3. The molecule has 0 saturated heterocycles. The van der Waals surface area contributed by atoms with E-state index in [0.29, 0.717) is 0 Å². The van der Waals surface area contributed by atoms with Gasteiger partial charge in [-0.15, -0.1) is 0 Å². The van der Waals surface area contributed by atoms with Gasteiger partial charge >= 0.3 is 0 Å². The lowest BCUT2D eigenvalue weighted by Gasteiger charge is -2.07. The Labute approximate surface area is 105 Å². The predicted molar refractivity (Wildman–Crippen MR) is 72.4 cm³/mol. The van der Waals surface area contributed by atoms with Gasteiger partial charge in [0, 0.05) is 12.7 Å². The molecule has 4 heteroatoms. The standard InChI is InChI=1S/C14H14N4/c1-10-3-2-4-11(7-10)8-16-14-12-5-6-15-13(12)17-9-18-14/h2-7,9H,8H2,1H3,(H2,15,16,17,18). The fourth-order valence-electron chi connectivity index (χ4n) is 2.02. The Balaban J connectivity index is 1.83. The van der Waals surface area contributed by atoms with Crippen molar-refractivity contribution in [2.24, 2.45) is 0 Å². The number of aromatic nitrogens is 3.